The number of hydrogen-bond donors (Lipinski definition) is 1. The molecule has 1 aromatic rings. The Balaban J connectivity index is 2.12. The highest BCUT2D eigenvalue weighted by Gasteiger charge is 2.18. The van der Waals surface area contributed by atoms with Gasteiger partial charge in [-0.25, -0.2) is 0 Å². The Morgan fingerprint density at radius 2 is 1.38 bits per heavy atom. The number of benzene rings is 1. The van der Waals surface area contributed by atoms with Gasteiger partial charge in [-0.1, -0.05) is 79.9 Å². The molecule has 1 nitrogen and oxygen atoms in total. The first-order valence-corrected chi connectivity index (χ1v) is 9.36. The molecule has 120 valence electrons. The summed E-state index contributed by atoms with van der Waals surface area (Å²) in [4.78, 5) is 0. The van der Waals surface area contributed by atoms with Crippen molar-refractivity contribution in [2.45, 2.75) is 77.7 Å². The van der Waals surface area contributed by atoms with Crippen LogP contribution in [0.25, 0.3) is 0 Å². The smallest absolute Gasteiger partial charge is 0.0377 e. The van der Waals surface area contributed by atoms with E-state index >= 15 is 0 Å². The lowest BCUT2D eigenvalue weighted by Crippen LogP contribution is -2.37. The van der Waals surface area contributed by atoms with Gasteiger partial charge < -0.3 is 5.32 Å². The van der Waals surface area contributed by atoms with Crippen LogP contribution in [0.1, 0.15) is 77.7 Å². The Bertz CT molecular complexity index is 370. The molecule has 0 atom stereocenters. The molecule has 0 heterocycles. The van der Waals surface area contributed by atoms with E-state index in [9.17, 15) is 0 Å². The van der Waals surface area contributed by atoms with Gasteiger partial charge in [-0.3, -0.25) is 0 Å². The summed E-state index contributed by atoms with van der Waals surface area (Å²) in [5.74, 6) is 0. The summed E-state index contributed by atoms with van der Waals surface area (Å²) in [7, 11) is 0. The predicted octanol–water partition coefficient (Wildman–Crippen LogP) is 6.41. The van der Waals surface area contributed by atoms with E-state index in [2.05, 4.69) is 66.3 Å². The summed E-state index contributed by atoms with van der Waals surface area (Å²) < 4.78 is 1.14. The molecule has 0 spiro atoms. The third kappa shape index (κ3) is 8.01. The van der Waals surface area contributed by atoms with Crippen LogP contribution in [0, 0.1) is 0 Å². The molecular formula is C19H32BrN. The molecular weight excluding hydrogens is 322 g/mol. The lowest BCUT2D eigenvalue weighted by molar-refractivity contribution is 0.394. The first-order valence-electron chi connectivity index (χ1n) is 8.57. The van der Waals surface area contributed by atoms with Crippen molar-refractivity contribution in [2.24, 2.45) is 0 Å². The van der Waals surface area contributed by atoms with Gasteiger partial charge in [0.05, 0.1) is 0 Å². The van der Waals surface area contributed by atoms with Gasteiger partial charge >= 0.3 is 0 Å². The molecule has 1 N–H and O–H groups in total. The molecule has 21 heavy (non-hydrogen) atoms. The fourth-order valence-electron chi connectivity index (χ4n) is 2.63. The highest BCUT2D eigenvalue weighted by Crippen LogP contribution is 2.22. The van der Waals surface area contributed by atoms with Crippen LogP contribution < -0.4 is 5.32 Å². The van der Waals surface area contributed by atoms with E-state index in [0.717, 1.165) is 11.0 Å². The van der Waals surface area contributed by atoms with Crippen molar-refractivity contribution >= 4 is 15.9 Å². The standard InChI is InChI=1S/C19H32BrN/c1-4-5-6-7-8-9-10-11-16-21-19(2,3)17-12-14-18(20)15-13-17/h12-15,21H,4-11,16H2,1-3H3. The van der Waals surface area contributed by atoms with Crippen molar-refractivity contribution in [2.75, 3.05) is 6.54 Å². The zero-order valence-electron chi connectivity index (χ0n) is 14.1. The van der Waals surface area contributed by atoms with Gasteiger partial charge in [0.15, 0.2) is 0 Å². The number of rotatable bonds is 11. The Morgan fingerprint density at radius 1 is 0.857 bits per heavy atom. The normalized spacial score (nSPS) is 11.8. The van der Waals surface area contributed by atoms with E-state index in [4.69, 9.17) is 0 Å². The second-order valence-corrected chi connectivity index (χ2v) is 7.45. The third-order valence-electron chi connectivity index (χ3n) is 4.16. The molecule has 0 aliphatic rings. The molecule has 1 aromatic carbocycles. The Hall–Kier alpha value is -0.340. The zero-order chi connectivity index (χ0) is 15.6. The van der Waals surface area contributed by atoms with Gasteiger partial charge in [0.1, 0.15) is 0 Å². The maximum Gasteiger partial charge on any atom is 0.0377 e. The number of hydrogen-bond acceptors (Lipinski definition) is 1. The third-order valence-corrected chi connectivity index (χ3v) is 4.69. The molecule has 1 rings (SSSR count). The quantitative estimate of drug-likeness (QED) is 0.453. The number of unbranched alkanes of at least 4 members (excludes halogenated alkanes) is 7. The minimum Gasteiger partial charge on any atom is -0.308 e. The Kier molecular flexibility index (Phi) is 9.26. The van der Waals surface area contributed by atoms with E-state index in [-0.39, 0.29) is 5.54 Å². The fraction of sp³-hybridized carbons (Fsp3) is 0.684. The minimum atomic E-state index is 0.0574. The maximum atomic E-state index is 3.69. The number of nitrogens with one attached hydrogen (secondary N) is 1. The van der Waals surface area contributed by atoms with E-state index < -0.39 is 0 Å². The van der Waals surface area contributed by atoms with E-state index in [1.807, 2.05) is 0 Å². The Morgan fingerprint density at radius 3 is 1.95 bits per heavy atom. The summed E-state index contributed by atoms with van der Waals surface area (Å²) >= 11 is 3.50. The van der Waals surface area contributed by atoms with Crippen molar-refractivity contribution < 1.29 is 0 Å². The molecule has 0 unspecified atom stereocenters. The SMILES string of the molecule is CCCCCCCCCCNC(C)(C)c1ccc(Br)cc1. The topological polar surface area (TPSA) is 12.0 Å². The average Bonchev–Trinajstić information content (AvgIpc) is 2.46. The highest BCUT2D eigenvalue weighted by atomic mass is 79.9. The molecule has 0 bridgehead atoms. The summed E-state index contributed by atoms with van der Waals surface area (Å²) in [6.07, 6.45) is 11.0. The van der Waals surface area contributed by atoms with Crippen molar-refractivity contribution in [3.05, 3.63) is 34.3 Å². The van der Waals surface area contributed by atoms with Crippen LogP contribution in [-0.4, -0.2) is 6.54 Å². The molecule has 0 aliphatic heterocycles. The summed E-state index contributed by atoms with van der Waals surface area (Å²) in [6.45, 7) is 7.92. The van der Waals surface area contributed by atoms with Crippen LogP contribution in [0.15, 0.2) is 28.7 Å². The van der Waals surface area contributed by atoms with Crippen LogP contribution in [0.3, 0.4) is 0 Å². The second kappa shape index (κ2) is 10.4. The van der Waals surface area contributed by atoms with E-state index in [1.54, 1.807) is 0 Å². The monoisotopic (exact) mass is 353 g/mol. The van der Waals surface area contributed by atoms with E-state index in [1.165, 1.54) is 56.9 Å². The lowest BCUT2D eigenvalue weighted by atomic mass is 9.94. The van der Waals surface area contributed by atoms with Gasteiger partial charge in [-0.15, -0.1) is 0 Å². The molecule has 0 radical (unpaired) electrons. The molecule has 0 amide bonds. The first kappa shape index (κ1) is 18.7. The van der Waals surface area contributed by atoms with Crippen molar-refractivity contribution in [3.63, 3.8) is 0 Å². The molecule has 0 aliphatic carbocycles. The van der Waals surface area contributed by atoms with Gasteiger partial charge in [0, 0.05) is 10.0 Å². The summed E-state index contributed by atoms with van der Waals surface area (Å²) in [5, 5.41) is 3.69. The van der Waals surface area contributed by atoms with Crippen LogP contribution in [0.4, 0.5) is 0 Å². The summed E-state index contributed by atoms with van der Waals surface area (Å²) in [5.41, 5.74) is 1.41. The minimum absolute atomic E-state index is 0.0574. The largest absolute Gasteiger partial charge is 0.308 e. The average molecular weight is 354 g/mol. The van der Waals surface area contributed by atoms with Gasteiger partial charge in [0.2, 0.25) is 0 Å². The zero-order valence-corrected chi connectivity index (χ0v) is 15.6. The van der Waals surface area contributed by atoms with Crippen molar-refractivity contribution in [1.82, 2.24) is 5.32 Å². The molecule has 0 aromatic heterocycles. The predicted molar refractivity (Wildman–Crippen MR) is 97.8 cm³/mol. The Labute approximate surface area is 140 Å². The number of halogens is 1. The van der Waals surface area contributed by atoms with Crippen LogP contribution in [-0.2, 0) is 5.54 Å². The van der Waals surface area contributed by atoms with Gasteiger partial charge in [0.25, 0.3) is 0 Å². The van der Waals surface area contributed by atoms with E-state index in [0.29, 0.717) is 0 Å². The fourth-order valence-corrected chi connectivity index (χ4v) is 2.89. The summed E-state index contributed by atoms with van der Waals surface area (Å²) in [6, 6.07) is 8.64. The molecule has 0 saturated heterocycles. The van der Waals surface area contributed by atoms with Crippen molar-refractivity contribution in [3.8, 4) is 0 Å². The molecule has 2 heteroatoms. The van der Waals surface area contributed by atoms with Crippen LogP contribution in [0.5, 0.6) is 0 Å². The highest BCUT2D eigenvalue weighted by molar-refractivity contribution is 9.10. The van der Waals surface area contributed by atoms with Gasteiger partial charge in [-0.05, 0) is 44.5 Å². The lowest BCUT2D eigenvalue weighted by Gasteiger charge is -2.27. The van der Waals surface area contributed by atoms with Gasteiger partial charge in [-0.2, -0.15) is 0 Å². The maximum absolute atomic E-state index is 3.69. The van der Waals surface area contributed by atoms with Crippen LogP contribution in [0.2, 0.25) is 0 Å². The van der Waals surface area contributed by atoms with Crippen LogP contribution >= 0.6 is 15.9 Å². The molecule has 0 fully saturated rings. The second-order valence-electron chi connectivity index (χ2n) is 6.53. The van der Waals surface area contributed by atoms with Crippen molar-refractivity contribution in [1.29, 1.82) is 0 Å². The molecule has 0 saturated carbocycles. The first-order chi connectivity index (χ1) is 10.1.